The third-order valence-electron chi connectivity index (χ3n) is 2.52. The minimum atomic E-state index is -0.477. The van der Waals surface area contributed by atoms with E-state index in [1.165, 1.54) is 0 Å². The first-order valence-electron chi connectivity index (χ1n) is 5.81. The van der Waals surface area contributed by atoms with Crippen LogP contribution >= 0.6 is 11.6 Å². The Morgan fingerprint density at radius 1 is 1.11 bits per heavy atom. The molecule has 0 bridgehead atoms. The smallest absolute Gasteiger partial charge is 0.163 e. The van der Waals surface area contributed by atoms with Crippen molar-refractivity contribution in [3.63, 3.8) is 0 Å². The van der Waals surface area contributed by atoms with Gasteiger partial charge in [-0.2, -0.15) is 0 Å². The maximum absolute atomic E-state index is 9.04. The van der Waals surface area contributed by atoms with Crippen molar-refractivity contribution in [1.29, 1.82) is 0 Å². The molecule has 100 valence electrons. The van der Waals surface area contributed by atoms with Crippen molar-refractivity contribution in [2.45, 2.75) is 6.04 Å². The maximum Gasteiger partial charge on any atom is 0.163 e. The van der Waals surface area contributed by atoms with Crippen molar-refractivity contribution in [2.24, 2.45) is 0 Å². The van der Waals surface area contributed by atoms with E-state index in [9.17, 15) is 0 Å². The summed E-state index contributed by atoms with van der Waals surface area (Å²) in [6, 6.07) is 10.5. The van der Waals surface area contributed by atoms with Crippen LogP contribution in [0.4, 0.5) is 5.82 Å². The molecular weight excluding hydrogens is 266 g/mol. The fourth-order valence-corrected chi connectivity index (χ4v) is 1.75. The molecule has 0 radical (unpaired) electrons. The highest BCUT2D eigenvalue weighted by Crippen LogP contribution is 2.20. The zero-order valence-electron chi connectivity index (χ0n) is 10.1. The van der Waals surface area contributed by atoms with Gasteiger partial charge in [0.05, 0.1) is 19.3 Å². The van der Waals surface area contributed by atoms with Crippen LogP contribution in [0, 0.1) is 0 Å². The van der Waals surface area contributed by atoms with E-state index in [4.69, 9.17) is 21.8 Å². The van der Waals surface area contributed by atoms with Crippen LogP contribution < -0.4 is 5.32 Å². The van der Waals surface area contributed by atoms with Gasteiger partial charge in [-0.3, -0.25) is 0 Å². The highest BCUT2D eigenvalue weighted by molar-refractivity contribution is 6.29. The molecule has 3 N–H and O–H groups in total. The lowest BCUT2D eigenvalue weighted by Gasteiger charge is -2.14. The predicted octanol–water partition coefficient (Wildman–Crippen LogP) is 1.56. The monoisotopic (exact) mass is 279 g/mol. The Kier molecular flexibility index (Phi) is 4.68. The van der Waals surface area contributed by atoms with Gasteiger partial charge < -0.3 is 15.5 Å². The summed E-state index contributed by atoms with van der Waals surface area (Å²) in [6.45, 7) is -0.391. The largest absolute Gasteiger partial charge is 0.394 e. The van der Waals surface area contributed by atoms with Crippen LogP contribution in [0.5, 0.6) is 0 Å². The van der Waals surface area contributed by atoms with Gasteiger partial charge in [0, 0.05) is 11.6 Å². The number of anilines is 1. The second kappa shape index (κ2) is 6.47. The number of nitrogens with one attached hydrogen (secondary N) is 1. The molecule has 0 unspecified atom stereocenters. The Labute approximate surface area is 115 Å². The van der Waals surface area contributed by atoms with E-state index in [-0.39, 0.29) is 13.2 Å². The highest BCUT2D eigenvalue weighted by atomic mass is 35.5. The summed E-state index contributed by atoms with van der Waals surface area (Å²) >= 11 is 5.95. The van der Waals surface area contributed by atoms with Gasteiger partial charge in [-0.1, -0.05) is 41.9 Å². The van der Waals surface area contributed by atoms with Crippen LogP contribution in [-0.4, -0.2) is 39.4 Å². The first kappa shape index (κ1) is 13.7. The van der Waals surface area contributed by atoms with Crippen LogP contribution in [0.2, 0.25) is 5.15 Å². The van der Waals surface area contributed by atoms with Crippen molar-refractivity contribution in [3.05, 3.63) is 41.6 Å². The van der Waals surface area contributed by atoms with Crippen molar-refractivity contribution in [3.8, 4) is 11.4 Å². The minimum absolute atomic E-state index is 0.196. The van der Waals surface area contributed by atoms with Gasteiger partial charge in [0.15, 0.2) is 5.82 Å². The number of nitrogens with zero attached hydrogens (tertiary/aromatic N) is 2. The summed E-state index contributed by atoms with van der Waals surface area (Å²) in [5.74, 6) is 0.956. The van der Waals surface area contributed by atoms with Gasteiger partial charge in [-0.05, 0) is 0 Å². The molecule has 0 aliphatic carbocycles. The molecule has 0 amide bonds. The van der Waals surface area contributed by atoms with Crippen molar-refractivity contribution in [1.82, 2.24) is 9.97 Å². The number of halogens is 1. The number of hydrogen-bond acceptors (Lipinski definition) is 5. The molecular formula is C13H14ClN3O2. The topological polar surface area (TPSA) is 78.3 Å². The molecule has 2 aromatic rings. The average molecular weight is 280 g/mol. The van der Waals surface area contributed by atoms with E-state index in [1.54, 1.807) is 6.07 Å². The summed E-state index contributed by atoms with van der Waals surface area (Å²) in [6.07, 6.45) is 0. The third kappa shape index (κ3) is 3.64. The minimum Gasteiger partial charge on any atom is -0.394 e. The van der Waals surface area contributed by atoms with Gasteiger partial charge in [-0.25, -0.2) is 9.97 Å². The summed E-state index contributed by atoms with van der Waals surface area (Å²) in [5.41, 5.74) is 0.845. The van der Waals surface area contributed by atoms with Gasteiger partial charge in [0.1, 0.15) is 11.0 Å². The van der Waals surface area contributed by atoms with Crippen molar-refractivity contribution < 1.29 is 10.2 Å². The number of aliphatic hydroxyl groups excluding tert-OH is 2. The lowest BCUT2D eigenvalue weighted by Crippen LogP contribution is -2.28. The van der Waals surface area contributed by atoms with Crippen LogP contribution in [-0.2, 0) is 0 Å². The van der Waals surface area contributed by atoms with Crippen LogP contribution in [0.25, 0.3) is 11.4 Å². The molecule has 0 aliphatic rings. The SMILES string of the molecule is OCC(CO)Nc1cc(Cl)nc(-c2ccccc2)n1. The van der Waals surface area contributed by atoms with Gasteiger partial charge in [-0.15, -0.1) is 0 Å². The summed E-state index contributed by atoms with van der Waals surface area (Å²) in [7, 11) is 0. The quantitative estimate of drug-likeness (QED) is 0.724. The lowest BCUT2D eigenvalue weighted by atomic mass is 10.2. The lowest BCUT2D eigenvalue weighted by molar-refractivity contribution is 0.203. The zero-order valence-corrected chi connectivity index (χ0v) is 10.9. The second-order valence-electron chi connectivity index (χ2n) is 3.97. The second-order valence-corrected chi connectivity index (χ2v) is 4.36. The van der Waals surface area contributed by atoms with E-state index in [0.717, 1.165) is 5.56 Å². The molecule has 6 heteroatoms. The Hall–Kier alpha value is -1.69. The van der Waals surface area contributed by atoms with Crippen LogP contribution in [0.3, 0.4) is 0 Å². The fraction of sp³-hybridized carbons (Fsp3) is 0.231. The highest BCUT2D eigenvalue weighted by Gasteiger charge is 2.09. The first-order valence-corrected chi connectivity index (χ1v) is 6.19. The standard InChI is InChI=1S/C13H14ClN3O2/c14-11-6-12(15-10(7-18)8-19)17-13(16-11)9-4-2-1-3-5-9/h1-6,10,18-19H,7-8H2,(H,15,16,17). The summed E-state index contributed by atoms with van der Waals surface area (Å²) < 4.78 is 0. The van der Waals surface area contributed by atoms with Crippen LogP contribution in [0.15, 0.2) is 36.4 Å². The number of aromatic nitrogens is 2. The predicted molar refractivity (Wildman–Crippen MR) is 74.1 cm³/mol. The fourth-order valence-electron chi connectivity index (χ4n) is 1.57. The molecule has 0 spiro atoms. The molecule has 1 heterocycles. The van der Waals surface area contributed by atoms with Crippen LogP contribution in [0.1, 0.15) is 0 Å². The Balaban J connectivity index is 2.30. The van der Waals surface area contributed by atoms with Crippen molar-refractivity contribution in [2.75, 3.05) is 18.5 Å². The molecule has 0 atom stereocenters. The third-order valence-corrected chi connectivity index (χ3v) is 2.71. The summed E-state index contributed by atoms with van der Waals surface area (Å²) in [5, 5.41) is 21.3. The molecule has 5 nitrogen and oxygen atoms in total. The zero-order chi connectivity index (χ0) is 13.7. The van der Waals surface area contributed by atoms with Gasteiger partial charge in [0.25, 0.3) is 0 Å². The van der Waals surface area contributed by atoms with E-state index < -0.39 is 6.04 Å². The number of aliphatic hydroxyl groups is 2. The Morgan fingerprint density at radius 3 is 2.42 bits per heavy atom. The average Bonchev–Trinajstić information content (AvgIpc) is 2.45. The molecule has 19 heavy (non-hydrogen) atoms. The molecule has 2 rings (SSSR count). The molecule has 0 saturated heterocycles. The summed E-state index contributed by atoms with van der Waals surface area (Å²) in [4.78, 5) is 8.46. The van der Waals surface area contributed by atoms with Gasteiger partial charge >= 0.3 is 0 Å². The number of hydrogen-bond donors (Lipinski definition) is 3. The molecule has 0 saturated carbocycles. The molecule has 0 fully saturated rings. The van der Waals surface area contributed by atoms with E-state index >= 15 is 0 Å². The Bertz CT molecular complexity index is 533. The van der Waals surface area contributed by atoms with E-state index in [0.29, 0.717) is 16.8 Å². The molecule has 0 aliphatic heterocycles. The first-order chi connectivity index (χ1) is 9.22. The normalized spacial score (nSPS) is 10.7. The van der Waals surface area contributed by atoms with Crippen molar-refractivity contribution >= 4 is 17.4 Å². The maximum atomic E-state index is 9.04. The number of benzene rings is 1. The molecule has 1 aromatic carbocycles. The molecule has 1 aromatic heterocycles. The van der Waals surface area contributed by atoms with E-state index in [1.807, 2.05) is 30.3 Å². The Morgan fingerprint density at radius 2 is 1.79 bits per heavy atom. The van der Waals surface area contributed by atoms with Gasteiger partial charge in [0.2, 0.25) is 0 Å². The van der Waals surface area contributed by atoms with E-state index in [2.05, 4.69) is 15.3 Å². The number of rotatable bonds is 5.